The summed E-state index contributed by atoms with van der Waals surface area (Å²) < 4.78 is 61.2. The largest absolute Gasteiger partial charge is 0.486 e. The number of aromatic nitrogens is 2. The highest BCUT2D eigenvalue weighted by Gasteiger charge is 2.36. The van der Waals surface area contributed by atoms with Gasteiger partial charge in [0.1, 0.15) is 46.6 Å². The molecule has 4 rings (SSSR count). The molecule has 0 spiro atoms. The van der Waals surface area contributed by atoms with Gasteiger partial charge < -0.3 is 29.0 Å². The van der Waals surface area contributed by atoms with Crippen molar-refractivity contribution in [3.8, 4) is 5.75 Å². The van der Waals surface area contributed by atoms with Crippen molar-refractivity contribution in [3.63, 3.8) is 0 Å². The first kappa shape index (κ1) is 40.0. The number of ether oxygens (including phenoxy) is 3. The zero-order valence-corrected chi connectivity index (χ0v) is 29.5. The molecule has 17 heteroatoms. The maximum absolute atomic E-state index is 14.9. The number of hydrogen-bond donors (Lipinski definition) is 1. The van der Waals surface area contributed by atoms with Crippen molar-refractivity contribution in [1.29, 1.82) is 0 Å². The zero-order chi connectivity index (χ0) is 39.2. The number of carbonyl (C=O) groups is 4. The molecule has 0 aliphatic heterocycles. The molecule has 0 aliphatic rings. The Labute approximate surface area is 305 Å². The Bertz CT molecular complexity index is 2130. The van der Waals surface area contributed by atoms with Gasteiger partial charge in [-0.1, -0.05) is 11.3 Å². The number of benzene rings is 2. The molecule has 0 bridgehead atoms. The lowest BCUT2D eigenvalue weighted by Gasteiger charge is -2.31. The minimum atomic E-state index is -2.01. The smallest absolute Gasteiger partial charge is 0.419 e. The van der Waals surface area contributed by atoms with Gasteiger partial charge in [-0.2, -0.15) is 0 Å². The van der Waals surface area contributed by atoms with E-state index >= 15 is 0 Å². The van der Waals surface area contributed by atoms with Gasteiger partial charge in [0, 0.05) is 43.4 Å². The maximum Gasteiger partial charge on any atom is 0.419 e. The fourth-order valence-electron chi connectivity index (χ4n) is 5.11. The third kappa shape index (κ3) is 9.99. The summed E-state index contributed by atoms with van der Waals surface area (Å²) in [5.74, 6) is -4.07. The molecule has 2 aromatic heterocycles. The summed E-state index contributed by atoms with van der Waals surface area (Å²) in [6.07, 6.45) is 0.829. The number of nitrogens with zero attached hydrogens (tertiary/aromatic N) is 3. The van der Waals surface area contributed by atoms with E-state index in [1.807, 2.05) is 0 Å². The molecule has 53 heavy (non-hydrogen) atoms. The Balaban J connectivity index is 1.70. The number of halogens is 3. The number of carbonyl (C=O) groups excluding carboxylic acids is 4. The third-order valence-electron chi connectivity index (χ3n) is 7.58. The molecule has 1 N–H and O–H groups in total. The second kappa shape index (κ2) is 16.3. The first-order valence-electron chi connectivity index (χ1n) is 16.0. The van der Waals surface area contributed by atoms with Crippen molar-refractivity contribution in [2.24, 2.45) is 0 Å². The van der Waals surface area contributed by atoms with Crippen LogP contribution in [0.4, 0.5) is 23.7 Å². The molecule has 1 unspecified atom stereocenters. The van der Waals surface area contributed by atoms with E-state index in [1.165, 1.54) is 55.5 Å². The summed E-state index contributed by atoms with van der Waals surface area (Å²) in [5, 5.41) is 0.515. The van der Waals surface area contributed by atoms with Crippen LogP contribution < -0.4 is 15.6 Å². The monoisotopic (exact) mass is 730 g/mol. The predicted molar refractivity (Wildman–Crippen MR) is 190 cm³/mol. The summed E-state index contributed by atoms with van der Waals surface area (Å²) >= 11 is 0. The Morgan fingerprint density at radius 1 is 1.02 bits per heavy atom. The van der Waals surface area contributed by atoms with Crippen LogP contribution in [0.25, 0.3) is 10.9 Å². The van der Waals surface area contributed by atoms with Crippen LogP contribution >= 0.6 is 0 Å². The van der Waals surface area contributed by atoms with E-state index in [2.05, 4.69) is 5.32 Å². The van der Waals surface area contributed by atoms with E-state index in [0.717, 1.165) is 33.4 Å². The van der Waals surface area contributed by atoms with E-state index in [1.54, 1.807) is 20.8 Å². The quantitative estimate of drug-likeness (QED) is 0.120. The number of anilines is 1. The molecule has 0 fully saturated rings. The predicted octanol–water partition coefficient (Wildman–Crippen LogP) is 4.60. The molecule has 0 aliphatic carbocycles. The van der Waals surface area contributed by atoms with Crippen LogP contribution in [0.3, 0.4) is 0 Å². The average molecular weight is 730 g/mol. The fourth-order valence-corrected chi connectivity index (χ4v) is 5.11. The first-order valence-corrected chi connectivity index (χ1v) is 16.0. The van der Waals surface area contributed by atoms with Gasteiger partial charge >= 0.3 is 6.09 Å². The van der Waals surface area contributed by atoms with Crippen LogP contribution in [0.5, 0.6) is 5.75 Å². The summed E-state index contributed by atoms with van der Waals surface area (Å²) in [6, 6.07) is 9.06. The van der Waals surface area contributed by atoms with E-state index in [0.29, 0.717) is 6.07 Å². The minimum absolute atomic E-state index is 0.0353. The van der Waals surface area contributed by atoms with Gasteiger partial charge in [0.05, 0.1) is 27.9 Å². The summed E-state index contributed by atoms with van der Waals surface area (Å²) in [7, 11) is 15.3. The number of likely N-dealkylation sites (N-methyl/N-ethyl adjacent to an activating group) is 1. The minimum Gasteiger partial charge on any atom is -0.486 e. The maximum atomic E-state index is 14.9. The lowest BCUT2D eigenvalue weighted by molar-refractivity contribution is -0.143. The van der Waals surface area contributed by atoms with Gasteiger partial charge in [-0.3, -0.25) is 19.2 Å². The molecular formula is C36H35B2F3N4O8. The Morgan fingerprint density at radius 3 is 2.38 bits per heavy atom. The van der Waals surface area contributed by atoms with Crippen molar-refractivity contribution in [2.45, 2.75) is 57.3 Å². The van der Waals surface area contributed by atoms with Crippen molar-refractivity contribution >= 4 is 56.7 Å². The second-order valence-electron chi connectivity index (χ2n) is 13.2. The highest BCUT2D eigenvalue weighted by atomic mass is 19.1. The normalized spacial score (nSPS) is 12.4. The van der Waals surface area contributed by atoms with Crippen LogP contribution in [0.2, 0.25) is 5.21 Å². The van der Waals surface area contributed by atoms with Crippen molar-refractivity contribution in [3.05, 3.63) is 106 Å². The molecule has 2 aromatic carbocycles. The average Bonchev–Trinajstić information content (AvgIpc) is 3.41. The van der Waals surface area contributed by atoms with Gasteiger partial charge in [-0.25, -0.2) is 22.5 Å². The molecule has 4 radical (unpaired) electrons. The van der Waals surface area contributed by atoms with Gasteiger partial charge in [0.25, 0.3) is 17.9 Å². The number of nitrogens with one attached hydrogen (secondary N) is 1. The van der Waals surface area contributed by atoms with Crippen molar-refractivity contribution in [1.82, 2.24) is 14.0 Å². The summed E-state index contributed by atoms with van der Waals surface area (Å²) in [5.41, 5.74) is -1.95. The number of amides is 2. The molecule has 274 valence electrons. The van der Waals surface area contributed by atoms with Crippen LogP contribution in [0.15, 0.2) is 71.7 Å². The molecule has 0 saturated carbocycles. The number of rotatable bonds is 13. The standard InChI is InChI=1S/C36H35B2F3N4O8/c1-35(2,3)53-34(50)45-25(15-22-14-24(40)17-28(30(22)45)51-19-21-10-11-23(39)16-26(21)41)18-44-13-7-8-27(33(44)49)42-32(48)31(52-20-46)36(37,38)12-6-9-29(47)43(4)5/h6-11,13-17,20,31H,12,18-19H2,1-5H3,(H,42,48)/b9-6+. The lowest BCUT2D eigenvalue weighted by atomic mass is 9.49. The van der Waals surface area contributed by atoms with Crippen LogP contribution in [-0.2, 0) is 37.0 Å². The topological polar surface area (TPSA) is 138 Å². The molecule has 0 saturated heterocycles. The van der Waals surface area contributed by atoms with E-state index in [9.17, 15) is 37.1 Å². The fraction of sp³-hybridized carbons (Fsp3) is 0.306. The lowest BCUT2D eigenvalue weighted by Crippen LogP contribution is -2.43. The molecule has 2 amide bonds. The van der Waals surface area contributed by atoms with Gasteiger partial charge in [0.15, 0.2) is 6.10 Å². The van der Waals surface area contributed by atoms with E-state index in [-0.39, 0.29) is 58.9 Å². The number of fused-ring (bicyclic) bond motifs is 1. The van der Waals surface area contributed by atoms with Crippen molar-refractivity contribution in [2.75, 3.05) is 19.4 Å². The van der Waals surface area contributed by atoms with Crippen LogP contribution in [0, 0.1) is 17.5 Å². The number of hydrogen-bond acceptors (Lipinski definition) is 8. The van der Waals surface area contributed by atoms with Crippen molar-refractivity contribution < 1.29 is 46.6 Å². The summed E-state index contributed by atoms with van der Waals surface area (Å²) in [4.78, 5) is 65.1. The van der Waals surface area contributed by atoms with E-state index in [4.69, 9.17) is 29.9 Å². The van der Waals surface area contributed by atoms with Gasteiger partial charge in [-0.05, 0) is 69.7 Å². The molecule has 1 atom stereocenters. The third-order valence-corrected chi connectivity index (χ3v) is 7.58. The summed E-state index contributed by atoms with van der Waals surface area (Å²) in [6.45, 7) is 4.05. The molecular weight excluding hydrogens is 695 g/mol. The second-order valence-corrected chi connectivity index (χ2v) is 13.2. The van der Waals surface area contributed by atoms with E-state index < -0.39 is 58.5 Å². The zero-order valence-electron chi connectivity index (χ0n) is 29.5. The SMILES string of the molecule is [B]C([B])(C/C=C/C(=O)N(C)C)C(OC=O)C(=O)Nc1cccn(Cc2cc3cc(F)cc(OCc4ccc(F)cc4F)c3n2C(=O)OC(C)(C)C)c1=O. The van der Waals surface area contributed by atoms with Crippen LogP contribution in [0.1, 0.15) is 38.4 Å². The Hall–Kier alpha value is -5.73. The highest BCUT2D eigenvalue weighted by Crippen LogP contribution is 2.33. The Kier molecular flexibility index (Phi) is 12.3. The Morgan fingerprint density at radius 2 is 1.74 bits per heavy atom. The van der Waals surface area contributed by atoms with Gasteiger partial charge in [-0.15, -0.1) is 0 Å². The van der Waals surface area contributed by atoms with Crippen LogP contribution in [-0.4, -0.2) is 79.9 Å². The number of allylic oxidation sites excluding steroid dienone is 1. The molecule has 2 heterocycles. The molecule has 4 aromatic rings. The first-order chi connectivity index (χ1) is 24.8. The highest BCUT2D eigenvalue weighted by molar-refractivity contribution is 6.42. The van der Waals surface area contributed by atoms with Gasteiger partial charge in [0.2, 0.25) is 5.91 Å². The number of pyridine rings is 1. The molecule has 12 nitrogen and oxygen atoms in total.